The quantitative estimate of drug-likeness (QED) is 0.334. The number of benzene rings is 1. The Bertz CT molecular complexity index is 595. The van der Waals surface area contributed by atoms with E-state index in [0.29, 0.717) is 6.42 Å². The molecule has 0 heterocycles. The molecule has 1 N–H and O–H groups in total. The van der Waals surface area contributed by atoms with Crippen molar-refractivity contribution in [1.29, 1.82) is 0 Å². The normalized spacial score (nSPS) is 12.5. The monoisotopic (exact) mass is 330 g/mol. The maximum absolute atomic E-state index is 11.7. The lowest BCUT2D eigenvalue weighted by Crippen LogP contribution is -2.35. The second-order valence-corrected chi connectivity index (χ2v) is 6.11. The van der Waals surface area contributed by atoms with Crippen LogP contribution in [0.25, 0.3) is 0 Å². The molecule has 22 heavy (non-hydrogen) atoms. The molecular weight excluding hydrogens is 312 g/mol. The summed E-state index contributed by atoms with van der Waals surface area (Å²) in [5.74, 6) is -1.91. The number of rotatable bonds is 8. The summed E-state index contributed by atoms with van der Waals surface area (Å²) >= 11 is 0. The fourth-order valence-corrected chi connectivity index (χ4v) is 2.19. The lowest BCUT2D eigenvalue weighted by Gasteiger charge is -2.12. The van der Waals surface area contributed by atoms with Crippen LogP contribution in [0.15, 0.2) is 30.3 Å². The van der Waals surface area contributed by atoms with Crippen LogP contribution in [0.4, 0.5) is 0 Å². The van der Waals surface area contributed by atoms with Crippen molar-refractivity contribution in [1.82, 2.24) is 0 Å². The predicted molar refractivity (Wildman–Crippen MR) is 77.9 cm³/mol. The molecule has 1 aromatic carbocycles. The number of esters is 2. The smallest absolute Gasteiger partial charge is 0.327 e. The highest BCUT2D eigenvalue weighted by atomic mass is 32.2. The van der Waals surface area contributed by atoms with Gasteiger partial charge in [0.25, 0.3) is 10.1 Å². The van der Waals surface area contributed by atoms with Crippen LogP contribution >= 0.6 is 0 Å². The first-order chi connectivity index (χ1) is 10.3. The highest BCUT2D eigenvalue weighted by Crippen LogP contribution is 2.13. The molecule has 0 aliphatic carbocycles. The van der Waals surface area contributed by atoms with E-state index in [1.54, 1.807) is 18.2 Å². The Morgan fingerprint density at radius 1 is 1.23 bits per heavy atom. The van der Waals surface area contributed by atoms with Crippen LogP contribution in [-0.2, 0) is 24.4 Å². The second kappa shape index (κ2) is 8.50. The topological polar surface area (TPSA) is 107 Å². The van der Waals surface area contributed by atoms with Crippen molar-refractivity contribution in [2.45, 2.75) is 31.4 Å². The zero-order valence-electron chi connectivity index (χ0n) is 12.1. The van der Waals surface area contributed by atoms with Crippen LogP contribution in [0, 0.1) is 0 Å². The van der Waals surface area contributed by atoms with E-state index in [9.17, 15) is 18.0 Å². The molecule has 1 atom stereocenters. The molecule has 1 aromatic rings. The van der Waals surface area contributed by atoms with Gasteiger partial charge in [0.15, 0.2) is 5.25 Å². The third-order valence-electron chi connectivity index (χ3n) is 2.69. The average molecular weight is 330 g/mol. The number of carbonyl (C=O) groups excluding carboxylic acids is 2. The molecule has 0 spiro atoms. The van der Waals surface area contributed by atoms with Crippen molar-refractivity contribution in [3.05, 3.63) is 30.3 Å². The Labute approximate surface area is 129 Å². The van der Waals surface area contributed by atoms with Gasteiger partial charge in [0, 0.05) is 0 Å². The van der Waals surface area contributed by atoms with Gasteiger partial charge < -0.3 is 9.47 Å². The van der Waals surface area contributed by atoms with Crippen molar-refractivity contribution in [3.63, 3.8) is 0 Å². The van der Waals surface area contributed by atoms with Gasteiger partial charge in [-0.15, -0.1) is 0 Å². The van der Waals surface area contributed by atoms with E-state index in [4.69, 9.17) is 14.0 Å². The lowest BCUT2D eigenvalue weighted by atomic mass is 10.3. The summed E-state index contributed by atoms with van der Waals surface area (Å²) in [5.41, 5.74) is 0. The zero-order chi connectivity index (χ0) is 16.6. The molecule has 0 amide bonds. The number of ether oxygens (including phenoxy) is 2. The van der Waals surface area contributed by atoms with E-state index in [-0.39, 0.29) is 12.4 Å². The highest BCUT2D eigenvalue weighted by Gasteiger charge is 2.35. The second-order valence-electron chi connectivity index (χ2n) is 4.52. The minimum atomic E-state index is -4.76. The summed E-state index contributed by atoms with van der Waals surface area (Å²) in [7, 11) is -4.76. The number of hydrogen-bond donors (Lipinski definition) is 1. The summed E-state index contributed by atoms with van der Waals surface area (Å²) in [6.45, 7) is 1.89. The molecule has 0 saturated carbocycles. The summed E-state index contributed by atoms with van der Waals surface area (Å²) in [6, 6.07) is 7.97. The van der Waals surface area contributed by atoms with E-state index in [1.165, 1.54) is 12.1 Å². The van der Waals surface area contributed by atoms with Crippen LogP contribution in [0.2, 0.25) is 0 Å². The first-order valence-electron chi connectivity index (χ1n) is 6.73. The Hall–Kier alpha value is -1.93. The van der Waals surface area contributed by atoms with Gasteiger partial charge in [0.2, 0.25) is 0 Å². The largest absolute Gasteiger partial charge is 0.465 e. The maximum Gasteiger partial charge on any atom is 0.327 e. The van der Waals surface area contributed by atoms with Gasteiger partial charge in [-0.25, -0.2) is 0 Å². The lowest BCUT2D eigenvalue weighted by molar-refractivity contribution is -0.146. The maximum atomic E-state index is 11.7. The van der Waals surface area contributed by atoms with Crippen molar-refractivity contribution < 1.29 is 32.0 Å². The Morgan fingerprint density at radius 3 is 2.41 bits per heavy atom. The average Bonchev–Trinajstić information content (AvgIpc) is 2.45. The van der Waals surface area contributed by atoms with Crippen molar-refractivity contribution in [2.24, 2.45) is 0 Å². The van der Waals surface area contributed by atoms with E-state index in [1.807, 2.05) is 6.92 Å². The van der Waals surface area contributed by atoms with Gasteiger partial charge in [0.1, 0.15) is 5.75 Å². The first-order valence-corrected chi connectivity index (χ1v) is 8.23. The Kier molecular flexibility index (Phi) is 7.00. The van der Waals surface area contributed by atoms with E-state index in [2.05, 4.69) is 0 Å². The van der Waals surface area contributed by atoms with Gasteiger partial charge in [-0.1, -0.05) is 31.5 Å². The van der Waals surface area contributed by atoms with E-state index < -0.39 is 33.7 Å². The molecule has 0 aliphatic heterocycles. The molecule has 0 aromatic heterocycles. The molecule has 8 heteroatoms. The van der Waals surface area contributed by atoms with Gasteiger partial charge in [-0.2, -0.15) is 8.42 Å². The SMILES string of the molecule is CCCCOC(=O)C(CC(=O)Oc1ccccc1)S(=O)(=O)O. The molecule has 0 radical (unpaired) electrons. The minimum Gasteiger partial charge on any atom is -0.465 e. The number of hydrogen-bond acceptors (Lipinski definition) is 6. The summed E-state index contributed by atoms with van der Waals surface area (Å²) in [4.78, 5) is 23.4. The van der Waals surface area contributed by atoms with Gasteiger partial charge >= 0.3 is 11.9 Å². The van der Waals surface area contributed by atoms with Crippen molar-refractivity contribution in [3.8, 4) is 5.75 Å². The summed E-state index contributed by atoms with van der Waals surface area (Å²) in [6.07, 6.45) is 0.483. The summed E-state index contributed by atoms with van der Waals surface area (Å²) < 4.78 is 41.2. The molecule has 122 valence electrons. The molecule has 1 rings (SSSR count). The Balaban J connectivity index is 2.69. The third-order valence-corrected chi connectivity index (χ3v) is 3.77. The predicted octanol–water partition coefficient (Wildman–Crippen LogP) is 1.58. The zero-order valence-corrected chi connectivity index (χ0v) is 12.9. The van der Waals surface area contributed by atoms with Crippen LogP contribution in [0.5, 0.6) is 5.75 Å². The summed E-state index contributed by atoms with van der Waals surface area (Å²) in [5, 5.41) is -1.99. The minimum absolute atomic E-state index is 0.0229. The third kappa shape index (κ3) is 6.23. The molecule has 0 fully saturated rings. The molecule has 0 saturated heterocycles. The first kappa shape index (κ1) is 18.1. The van der Waals surface area contributed by atoms with Gasteiger partial charge in [0.05, 0.1) is 13.0 Å². The molecular formula is C14H18O7S. The van der Waals surface area contributed by atoms with Crippen molar-refractivity contribution in [2.75, 3.05) is 6.61 Å². The molecule has 0 aliphatic rings. The fraction of sp³-hybridized carbons (Fsp3) is 0.429. The number of unbranched alkanes of at least 4 members (excludes halogenated alkanes) is 1. The number of para-hydroxylation sites is 1. The molecule has 0 bridgehead atoms. The fourth-order valence-electron chi connectivity index (χ4n) is 1.53. The van der Waals surface area contributed by atoms with Gasteiger partial charge in [-0.05, 0) is 18.6 Å². The molecule has 7 nitrogen and oxygen atoms in total. The van der Waals surface area contributed by atoms with Crippen LogP contribution in [0.3, 0.4) is 0 Å². The van der Waals surface area contributed by atoms with E-state index >= 15 is 0 Å². The van der Waals surface area contributed by atoms with Crippen LogP contribution in [-0.4, -0.2) is 36.8 Å². The van der Waals surface area contributed by atoms with Crippen LogP contribution < -0.4 is 4.74 Å². The van der Waals surface area contributed by atoms with E-state index in [0.717, 1.165) is 6.42 Å². The standard InChI is InChI=1S/C14H18O7S/c1-2-3-9-20-14(16)12(22(17,18)19)10-13(15)21-11-7-5-4-6-8-11/h4-8,12H,2-3,9-10H2,1H3,(H,17,18,19). The number of carbonyl (C=O) groups is 2. The highest BCUT2D eigenvalue weighted by molar-refractivity contribution is 7.87. The van der Waals surface area contributed by atoms with Crippen LogP contribution in [0.1, 0.15) is 26.2 Å². The van der Waals surface area contributed by atoms with Gasteiger partial charge in [-0.3, -0.25) is 14.1 Å². The molecule has 1 unspecified atom stereocenters. The van der Waals surface area contributed by atoms with Crippen molar-refractivity contribution >= 4 is 22.1 Å². The Morgan fingerprint density at radius 2 is 1.86 bits per heavy atom.